The molecule has 0 bridgehead atoms. The standard InChI is InChI=1S/C21H25.2C7H6.2ClH.Zr/c1-20(2,3)16-7-9-18-14(12-16)11-15-13-17(21(4,5)6)8-10-19(15)18;2*1-7-5-3-2-4-6-7;;;/h7-10,12H,11H2,1-6H3;2*1-6H;2*1H;/q-1;;;;;/p-2. The molecule has 0 radical (unpaired) electrons. The van der Waals surface area contributed by atoms with Gasteiger partial charge in [0.25, 0.3) is 0 Å². The van der Waals surface area contributed by atoms with Gasteiger partial charge in [-0.2, -0.15) is 23.8 Å². The van der Waals surface area contributed by atoms with Gasteiger partial charge in [0.2, 0.25) is 0 Å². The molecule has 0 heterocycles. The Morgan fingerprint density at radius 3 is 1.66 bits per heavy atom. The summed E-state index contributed by atoms with van der Waals surface area (Å²) in [6.45, 7) is 13.6. The fourth-order valence-corrected chi connectivity index (χ4v) is 6.46. The van der Waals surface area contributed by atoms with Crippen molar-refractivity contribution in [1.82, 2.24) is 0 Å². The van der Waals surface area contributed by atoms with Crippen LogP contribution in [0.1, 0.15) is 74.9 Å². The van der Waals surface area contributed by atoms with E-state index < -0.39 is 22.3 Å². The first-order chi connectivity index (χ1) is 17.1. The largest absolute Gasteiger partial charge is 1.00 e. The van der Waals surface area contributed by atoms with E-state index in [0.29, 0.717) is 0 Å². The molecule has 1 aliphatic carbocycles. The van der Waals surface area contributed by atoms with Crippen LogP contribution in [0.2, 0.25) is 0 Å². The molecule has 0 fully saturated rings. The Bertz CT molecular complexity index is 1280. The molecule has 0 aromatic heterocycles. The van der Waals surface area contributed by atoms with Crippen molar-refractivity contribution in [3.63, 3.8) is 0 Å². The number of fused-ring (bicyclic) bond motifs is 3. The average Bonchev–Trinajstić information content (AvgIpc) is 3.22. The summed E-state index contributed by atoms with van der Waals surface area (Å²) >= 11 is -0.508. The summed E-state index contributed by atoms with van der Waals surface area (Å²) in [5.74, 6) is 0. The van der Waals surface area contributed by atoms with E-state index in [2.05, 4.69) is 146 Å². The molecule has 3 heteroatoms. The van der Waals surface area contributed by atoms with Crippen LogP contribution in [0, 0.1) is 6.07 Å². The van der Waals surface area contributed by atoms with Crippen molar-refractivity contribution in [1.29, 1.82) is 0 Å². The third kappa shape index (κ3) is 8.54. The zero-order valence-electron chi connectivity index (χ0n) is 23.3. The Labute approximate surface area is 253 Å². The Hall–Kier alpha value is -1.92. The third-order valence-electron chi connectivity index (χ3n) is 6.56. The van der Waals surface area contributed by atoms with Crippen molar-refractivity contribution >= 4 is 7.42 Å². The van der Waals surface area contributed by atoms with Gasteiger partial charge in [-0.3, -0.25) is 0 Å². The van der Waals surface area contributed by atoms with E-state index >= 15 is 0 Å². The van der Waals surface area contributed by atoms with Crippen molar-refractivity contribution in [3.05, 3.63) is 130 Å². The fraction of sp³-hybridized carbons (Fsp3) is 0.257. The maximum Gasteiger partial charge on any atom is -1.00 e. The van der Waals surface area contributed by atoms with Gasteiger partial charge in [0.05, 0.1) is 0 Å². The summed E-state index contributed by atoms with van der Waals surface area (Å²) in [7, 11) is 0. The monoisotopic (exact) mass is 617 g/mol. The summed E-state index contributed by atoms with van der Waals surface area (Å²) in [6, 6.07) is 36.3. The van der Waals surface area contributed by atoms with Gasteiger partial charge < -0.3 is 24.8 Å². The van der Waals surface area contributed by atoms with Crippen molar-refractivity contribution in [2.75, 3.05) is 0 Å². The second-order valence-corrected chi connectivity index (χ2v) is 13.8. The smallest absolute Gasteiger partial charge is 1.00 e. The van der Waals surface area contributed by atoms with E-state index in [4.69, 9.17) is 0 Å². The number of rotatable bonds is 2. The van der Waals surface area contributed by atoms with Gasteiger partial charge in [0.1, 0.15) is 0 Å². The molecule has 198 valence electrons. The maximum absolute atomic E-state index is 3.67. The molecule has 5 rings (SSSR count). The molecule has 0 saturated carbocycles. The molecule has 0 N–H and O–H groups in total. The van der Waals surface area contributed by atoms with Crippen LogP contribution < -0.4 is 24.8 Å². The fourth-order valence-electron chi connectivity index (χ4n) is 4.36. The minimum atomic E-state index is -0.508. The minimum absolute atomic E-state index is 0. The van der Waals surface area contributed by atoms with Crippen molar-refractivity contribution in [3.8, 4) is 11.1 Å². The predicted molar refractivity (Wildman–Crippen MR) is 154 cm³/mol. The van der Waals surface area contributed by atoms with Gasteiger partial charge in [-0.15, -0.1) is 11.1 Å². The quantitative estimate of drug-likeness (QED) is 0.267. The second kappa shape index (κ2) is 13.9. The minimum Gasteiger partial charge on any atom is -1.00 e. The molecular weight excluding hydrogens is 583 g/mol. The maximum atomic E-state index is 3.67. The Morgan fingerprint density at radius 2 is 1.16 bits per heavy atom. The number of hydrogen-bond donors (Lipinski definition) is 0. The number of benzene rings is 4. The first-order valence-electron chi connectivity index (χ1n) is 12.8. The van der Waals surface area contributed by atoms with Crippen LogP contribution in [0.4, 0.5) is 0 Å². The second-order valence-electron chi connectivity index (χ2n) is 11.6. The van der Waals surface area contributed by atoms with Gasteiger partial charge in [-0.25, -0.2) is 0 Å². The van der Waals surface area contributed by atoms with Crippen LogP contribution in [-0.2, 0) is 39.5 Å². The summed E-state index contributed by atoms with van der Waals surface area (Å²) in [4.78, 5) is 0. The predicted octanol–water partition coefficient (Wildman–Crippen LogP) is 2.43. The van der Waals surface area contributed by atoms with Crippen molar-refractivity contribution in [2.45, 2.75) is 58.8 Å². The SMILES string of the molecule is CC(C)(C)c1[c-]c2c(cc1)-c1ccc(C(C)(C)C)cc1C2.[CH](=[Zr]=[CH]c1ccccc1)c1ccccc1.[Cl-].[Cl-]. The molecule has 0 nitrogen and oxygen atoms in total. The summed E-state index contributed by atoms with van der Waals surface area (Å²) in [6.07, 6.45) is 1.03. The average molecular weight is 620 g/mol. The topological polar surface area (TPSA) is 0 Å². The molecule has 0 aliphatic heterocycles. The summed E-state index contributed by atoms with van der Waals surface area (Å²) in [5, 5.41) is 0. The Balaban J connectivity index is 0.000000266. The first kappa shape index (κ1) is 32.3. The van der Waals surface area contributed by atoms with Gasteiger partial charge in [-0.05, 0) is 28.4 Å². The first-order valence-corrected chi connectivity index (χ1v) is 15.7. The van der Waals surface area contributed by atoms with E-state index in [1.807, 2.05) is 0 Å². The molecule has 0 unspecified atom stereocenters. The molecular formula is C35H37Cl2Zr-3. The number of hydrogen-bond acceptors (Lipinski definition) is 0. The molecule has 1 aliphatic rings. The van der Waals surface area contributed by atoms with Gasteiger partial charge >= 0.3 is 101 Å². The zero-order valence-corrected chi connectivity index (χ0v) is 27.2. The van der Waals surface area contributed by atoms with Gasteiger partial charge in [-0.1, -0.05) is 65.3 Å². The van der Waals surface area contributed by atoms with E-state index in [0.717, 1.165) is 6.42 Å². The van der Waals surface area contributed by atoms with Crippen LogP contribution in [0.25, 0.3) is 11.1 Å². The van der Waals surface area contributed by atoms with Gasteiger partial charge in [0.15, 0.2) is 0 Å². The molecule has 4 aromatic rings. The summed E-state index contributed by atoms with van der Waals surface area (Å²) in [5.41, 5.74) is 11.4. The van der Waals surface area contributed by atoms with Crippen LogP contribution in [-0.4, -0.2) is 7.42 Å². The molecule has 0 amide bonds. The Morgan fingerprint density at radius 1 is 0.632 bits per heavy atom. The van der Waals surface area contributed by atoms with Gasteiger partial charge in [0, 0.05) is 0 Å². The molecule has 0 saturated heterocycles. The van der Waals surface area contributed by atoms with E-state index in [1.165, 1.54) is 44.5 Å². The molecule has 0 atom stereocenters. The van der Waals surface area contributed by atoms with E-state index in [1.54, 1.807) is 0 Å². The van der Waals surface area contributed by atoms with E-state index in [9.17, 15) is 0 Å². The third-order valence-corrected chi connectivity index (χ3v) is 9.02. The summed E-state index contributed by atoms with van der Waals surface area (Å²) < 4.78 is 4.80. The Kier molecular flexibility index (Phi) is 11.8. The van der Waals surface area contributed by atoms with Crippen LogP contribution in [0.15, 0.2) is 91.0 Å². The molecule has 4 aromatic carbocycles. The number of halogens is 2. The van der Waals surface area contributed by atoms with E-state index in [-0.39, 0.29) is 35.6 Å². The van der Waals surface area contributed by atoms with Crippen LogP contribution in [0.5, 0.6) is 0 Å². The van der Waals surface area contributed by atoms with Crippen LogP contribution >= 0.6 is 0 Å². The zero-order chi connectivity index (χ0) is 25.8. The normalized spacial score (nSPS) is 11.3. The molecule has 0 spiro atoms. The van der Waals surface area contributed by atoms with Crippen molar-refractivity contribution < 1.29 is 47.1 Å². The van der Waals surface area contributed by atoms with Crippen molar-refractivity contribution in [2.24, 2.45) is 0 Å². The van der Waals surface area contributed by atoms with Crippen LogP contribution in [0.3, 0.4) is 0 Å². The molecule has 38 heavy (non-hydrogen) atoms.